The van der Waals surface area contributed by atoms with E-state index in [-0.39, 0.29) is 5.78 Å². The molecular weight excluding hydrogens is 152 g/mol. The van der Waals surface area contributed by atoms with Crippen molar-refractivity contribution in [3.8, 4) is 0 Å². The summed E-state index contributed by atoms with van der Waals surface area (Å²) in [7, 11) is 0. The third kappa shape index (κ3) is 1.55. The molecule has 1 aromatic heterocycles. The van der Waals surface area contributed by atoms with Crippen molar-refractivity contribution in [2.24, 2.45) is 0 Å². The van der Waals surface area contributed by atoms with Gasteiger partial charge in [0.15, 0.2) is 5.78 Å². The Kier molecular flexibility index (Phi) is 2.63. The average Bonchev–Trinajstić information content (AvgIpc) is 2.47. The Bertz CT molecular complexity index is 289. The molecule has 0 spiro atoms. The summed E-state index contributed by atoms with van der Waals surface area (Å²) in [5, 5.41) is 4.26. The molecular formula is C9H14N2O. The summed E-state index contributed by atoms with van der Waals surface area (Å²) in [5.74, 6) is 0.0871. The van der Waals surface area contributed by atoms with Crippen LogP contribution in [0.1, 0.15) is 37.0 Å². The van der Waals surface area contributed by atoms with E-state index in [1.54, 1.807) is 11.6 Å². The highest BCUT2D eigenvalue weighted by Crippen LogP contribution is 2.05. The Morgan fingerprint density at radius 2 is 2.25 bits per heavy atom. The van der Waals surface area contributed by atoms with E-state index in [1.807, 2.05) is 19.9 Å². The highest BCUT2D eigenvalue weighted by molar-refractivity contribution is 5.92. The van der Waals surface area contributed by atoms with E-state index in [0.717, 1.165) is 18.7 Å². The standard InChI is InChI=1S/C9H14N2O/c1-4-8-6-9(7(3)12)11(5-2)10-8/h6H,4-5H2,1-3H3. The van der Waals surface area contributed by atoms with Crippen LogP contribution in [0.25, 0.3) is 0 Å². The normalized spacial score (nSPS) is 10.2. The topological polar surface area (TPSA) is 34.9 Å². The maximum atomic E-state index is 11.1. The molecule has 3 heteroatoms. The first-order valence-corrected chi connectivity index (χ1v) is 4.26. The number of carbonyl (C=O) groups is 1. The van der Waals surface area contributed by atoms with Crippen molar-refractivity contribution in [2.45, 2.75) is 33.7 Å². The van der Waals surface area contributed by atoms with Crippen molar-refractivity contribution in [1.29, 1.82) is 0 Å². The quantitative estimate of drug-likeness (QED) is 0.640. The summed E-state index contributed by atoms with van der Waals surface area (Å²) < 4.78 is 1.75. The lowest BCUT2D eigenvalue weighted by molar-refractivity contribution is 0.100. The lowest BCUT2D eigenvalue weighted by atomic mass is 10.2. The van der Waals surface area contributed by atoms with E-state index in [1.165, 1.54) is 0 Å². The van der Waals surface area contributed by atoms with Crippen molar-refractivity contribution in [3.63, 3.8) is 0 Å². The van der Waals surface area contributed by atoms with E-state index < -0.39 is 0 Å². The number of hydrogen-bond donors (Lipinski definition) is 0. The van der Waals surface area contributed by atoms with Gasteiger partial charge in [0, 0.05) is 13.5 Å². The summed E-state index contributed by atoms with van der Waals surface area (Å²) in [5.41, 5.74) is 1.71. The molecule has 1 aromatic rings. The number of carbonyl (C=O) groups excluding carboxylic acids is 1. The minimum atomic E-state index is 0.0871. The number of aromatic nitrogens is 2. The predicted octanol–water partition coefficient (Wildman–Crippen LogP) is 1.67. The number of hydrogen-bond acceptors (Lipinski definition) is 2. The summed E-state index contributed by atoms with van der Waals surface area (Å²) in [6, 6.07) is 1.87. The smallest absolute Gasteiger partial charge is 0.177 e. The van der Waals surface area contributed by atoms with Gasteiger partial charge in [0.05, 0.1) is 5.69 Å². The Morgan fingerprint density at radius 3 is 2.58 bits per heavy atom. The molecule has 0 amide bonds. The maximum absolute atomic E-state index is 11.1. The van der Waals surface area contributed by atoms with Gasteiger partial charge in [-0.05, 0) is 19.4 Å². The first-order chi connectivity index (χ1) is 5.69. The highest BCUT2D eigenvalue weighted by Gasteiger charge is 2.08. The summed E-state index contributed by atoms with van der Waals surface area (Å²) in [6.45, 7) is 6.35. The van der Waals surface area contributed by atoms with Gasteiger partial charge < -0.3 is 0 Å². The number of rotatable bonds is 3. The third-order valence-electron chi connectivity index (χ3n) is 1.85. The summed E-state index contributed by atoms with van der Waals surface area (Å²) in [6.07, 6.45) is 0.882. The molecule has 12 heavy (non-hydrogen) atoms. The van der Waals surface area contributed by atoms with Gasteiger partial charge in [0.2, 0.25) is 0 Å². The second-order valence-electron chi connectivity index (χ2n) is 2.75. The van der Waals surface area contributed by atoms with Gasteiger partial charge in [0.1, 0.15) is 5.69 Å². The molecule has 0 saturated carbocycles. The van der Waals surface area contributed by atoms with Crippen LogP contribution in [0.3, 0.4) is 0 Å². The molecule has 0 saturated heterocycles. The van der Waals surface area contributed by atoms with Crippen LogP contribution in [0, 0.1) is 0 Å². The van der Waals surface area contributed by atoms with Crippen molar-refractivity contribution in [3.05, 3.63) is 17.5 Å². The Labute approximate surface area is 72.4 Å². The monoisotopic (exact) mass is 166 g/mol. The van der Waals surface area contributed by atoms with Gasteiger partial charge in [-0.25, -0.2) is 0 Å². The summed E-state index contributed by atoms with van der Waals surface area (Å²) >= 11 is 0. The Hall–Kier alpha value is -1.12. The number of aryl methyl sites for hydroxylation is 2. The first-order valence-electron chi connectivity index (χ1n) is 4.26. The second-order valence-corrected chi connectivity index (χ2v) is 2.75. The molecule has 0 radical (unpaired) electrons. The molecule has 0 unspecified atom stereocenters. The highest BCUT2D eigenvalue weighted by atomic mass is 16.1. The van der Waals surface area contributed by atoms with Gasteiger partial charge >= 0.3 is 0 Å². The van der Waals surface area contributed by atoms with Crippen molar-refractivity contribution in [1.82, 2.24) is 9.78 Å². The van der Waals surface area contributed by atoms with Crippen LogP contribution in [0.4, 0.5) is 0 Å². The molecule has 1 heterocycles. The fourth-order valence-corrected chi connectivity index (χ4v) is 1.17. The molecule has 0 atom stereocenters. The van der Waals surface area contributed by atoms with Crippen LogP contribution in [-0.2, 0) is 13.0 Å². The largest absolute Gasteiger partial charge is 0.293 e. The zero-order valence-electron chi connectivity index (χ0n) is 7.79. The summed E-state index contributed by atoms with van der Waals surface area (Å²) in [4.78, 5) is 11.1. The molecule has 0 aliphatic carbocycles. The molecule has 0 aromatic carbocycles. The lowest BCUT2D eigenvalue weighted by Crippen LogP contribution is -2.06. The molecule has 3 nitrogen and oxygen atoms in total. The minimum absolute atomic E-state index is 0.0871. The number of ketones is 1. The minimum Gasteiger partial charge on any atom is -0.293 e. The molecule has 1 rings (SSSR count). The van der Waals surface area contributed by atoms with Crippen LogP contribution in [0.15, 0.2) is 6.07 Å². The van der Waals surface area contributed by atoms with E-state index in [2.05, 4.69) is 5.10 Å². The van der Waals surface area contributed by atoms with Gasteiger partial charge in [-0.3, -0.25) is 9.48 Å². The van der Waals surface area contributed by atoms with Gasteiger partial charge in [-0.15, -0.1) is 0 Å². The predicted molar refractivity (Wildman–Crippen MR) is 47.3 cm³/mol. The fraction of sp³-hybridized carbons (Fsp3) is 0.556. The zero-order chi connectivity index (χ0) is 9.14. The molecule has 0 fully saturated rings. The van der Waals surface area contributed by atoms with Crippen LogP contribution in [-0.4, -0.2) is 15.6 Å². The molecule has 66 valence electrons. The fourth-order valence-electron chi connectivity index (χ4n) is 1.17. The molecule has 0 aliphatic rings. The number of Topliss-reactive ketones (excluding diaryl/α,β-unsaturated/α-hetero) is 1. The molecule has 0 N–H and O–H groups in total. The second kappa shape index (κ2) is 3.52. The first kappa shape index (κ1) is 8.97. The van der Waals surface area contributed by atoms with Crippen LogP contribution in [0.5, 0.6) is 0 Å². The molecule has 0 bridgehead atoms. The zero-order valence-corrected chi connectivity index (χ0v) is 7.79. The van der Waals surface area contributed by atoms with Crippen LogP contribution in [0.2, 0.25) is 0 Å². The Morgan fingerprint density at radius 1 is 1.58 bits per heavy atom. The van der Waals surface area contributed by atoms with Gasteiger partial charge in [-0.1, -0.05) is 6.92 Å². The SMILES string of the molecule is CCc1cc(C(C)=O)n(CC)n1. The molecule has 0 aliphatic heterocycles. The van der Waals surface area contributed by atoms with E-state index in [0.29, 0.717) is 5.69 Å². The number of nitrogens with zero attached hydrogens (tertiary/aromatic N) is 2. The lowest BCUT2D eigenvalue weighted by Gasteiger charge is -1.98. The van der Waals surface area contributed by atoms with Gasteiger partial charge in [-0.2, -0.15) is 5.10 Å². The van der Waals surface area contributed by atoms with Crippen LogP contribution < -0.4 is 0 Å². The van der Waals surface area contributed by atoms with E-state index in [4.69, 9.17) is 0 Å². The van der Waals surface area contributed by atoms with Crippen LogP contribution >= 0.6 is 0 Å². The third-order valence-corrected chi connectivity index (χ3v) is 1.85. The maximum Gasteiger partial charge on any atom is 0.177 e. The van der Waals surface area contributed by atoms with E-state index >= 15 is 0 Å². The average molecular weight is 166 g/mol. The van der Waals surface area contributed by atoms with E-state index in [9.17, 15) is 4.79 Å². The Balaban J connectivity index is 3.08. The van der Waals surface area contributed by atoms with Crippen molar-refractivity contribution >= 4 is 5.78 Å². The van der Waals surface area contributed by atoms with Crippen molar-refractivity contribution in [2.75, 3.05) is 0 Å². The van der Waals surface area contributed by atoms with Gasteiger partial charge in [0.25, 0.3) is 0 Å². The van der Waals surface area contributed by atoms with Crippen molar-refractivity contribution < 1.29 is 4.79 Å².